The Hall–Kier alpha value is -2.42. The number of allylic oxidation sites excluding steroid dienone is 2. The van der Waals surface area contributed by atoms with Gasteiger partial charge in [-0.1, -0.05) is 122 Å². The minimum absolute atomic E-state index is 0.0397. The number of unbranched alkanes of at least 4 members (excludes halogenated alkanes) is 19. The molecule has 4 N–H and O–H groups in total. The normalized spacial score (nSPS) is 12.6. The van der Waals surface area contributed by atoms with Crippen LogP contribution in [0, 0.1) is 0 Å². The number of hydrogen-bond acceptors (Lipinski definition) is 6. The number of hydrogen-bond donors (Lipinski definition) is 4. The lowest BCUT2D eigenvalue weighted by atomic mass is 10.0. The Morgan fingerprint density at radius 1 is 0.604 bits per heavy atom. The first-order chi connectivity index (χ1) is 23.3. The van der Waals surface area contributed by atoms with Crippen LogP contribution in [0.15, 0.2) is 12.2 Å². The van der Waals surface area contributed by atoms with E-state index in [-0.39, 0.29) is 30.9 Å². The van der Waals surface area contributed by atoms with Gasteiger partial charge in [0.2, 0.25) is 11.8 Å². The van der Waals surface area contributed by atoms with Crippen molar-refractivity contribution in [3.8, 4) is 0 Å². The number of carbonyl (C=O) groups is 4. The zero-order chi connectivity index (χ0) is 35.5. The van der Waals surface area contributed by atoms with Crippen molar-refractivity contribution in [1.82, 2.24) is 10.6 Å². The molecule has 9 heteroatoms. The molecule has 0 aromatic carbocycles. The highest BCUT2D eigenvalue weighted by atomic mass is 16.5. The van der Waals surface area contributed by atoms with Crippen molar-refractivity contribution in [2.75, 3.05) is 13.2 Å². The third kappa shape index (κ3) is 30.9. The maximum absolute atomic E-state index is 12.6. The van der Waals surface area contributed by atoms with E-state index in [4.69, 9.17) is 14.9 Å². The van der Waals surface area contributed by atoms with Crippen LogP contribution in [0.3, 0.4) is 0 Å². The fourth-order valence-electron chi connectivity index (χ4n) is 5.71. The summed E-state index contributed by atoms with van der Waals surface area (Å²) in [5.41, 5.74) is 0. The van der Waals surface area contributed by atoms with Gasteiger partial charge < -0.3 is 25.6 Å². The van der Waals surface area contributed by atoms with Crippen molar-refractivity contribution in [1.29, 1.82) is 0 Å². The number of rotatable bonds is 35. The fraction of sp³-hybridized carbons (Fsp3) is 0.846. The molecule has 0 radical (unpaired) electrons. The Labute approximate surface area is 292 Å². The Balaban J connectivity index is 4.15. The van der Waals surface area contributed by atoms with Gasteiger partial charge >= 0.3 is 11.9 Å². The highest BCUT2D eigenvalue weighted by Gasteiger charge is 2.19. The van der Waals surface area contributed by atoms with E-state index in [0.29, 0.717) is 12.8 Å². The molecule has 0 saturated heterocycles. The maximum Gasteiger partial charge on any atom is 0.328 e. The van der Waals surface area contributed by atoms with E-state index in [1.165, 1.54) is 96.3 Å². The van der Waals surface area contributed by atoms with Gasteiger partial charge in [0.15, 0.2) is 0 Å². The number of carboxylic acids is 1. The molecule has 0 saturated carbocycles. The van der Waals surface area contributed by atoms with E-state index in [1.807, 2.05) is 0 Å². The number of aliphatic hydroxyl groups is 1. The molecule has 0 aliphatic carbocycles. The van der Waals surface area contributed by atoms with Crippen molar-refractivity contribution >= 4 is 23.8 Å². The molecule has 48 heavy (non-hydrogen) atoms. The van der Waals surface area contributed by atoms with E-state index in [9.17, 15) is 19.2 Å². The number of carboxylic acid groups (broad SMARTS) is 1. The van der Waals surface area contributed by atoms with Crippen LogP contribution in [-0.4, -0.2) is 59.3 Å². The topological polar surface area (TPSA) is 142 Å². The molecular formula is C39H72N2O7. The van der Waals surface area contributed by atoms with Crippen LogP contribution in [-0.2, 0) is 23.9 Å². The SMILES string of the molecule is CCCCCCCC/C=C\CCCCCCCC(=O)OC(CCCCCCCC)CCCCCCC(=O)NCC(=O)NC(CO)C(=O)O. The first-order valence-corrected chi connectivity index (χ1v) is 19.6. The number of ether oxygens (including phenoxy) is 1. The van der Waals surface area contributed by atoms with E-state index in [0.717, 1.165) is 57.8 Å². The molecule has 2 unspecified atom stereocenters. The van der Waals surface area contributed by atoms with Gasteiger partial charge in [0.25, 0.3) is 0 Å². The predicted octanol–water partition coefficient (Wildman–Crippen LogP) is 8.70. The average Bonchev–Trinajstić information content (AvgIpc) is 3.07. The highest BCUT2D eigenvalue weighted by molar-refractivity contribution is 5.87. The number of nitrogens with one attached hydrogen (secondary N) is 2. The standard InChI is InChI=1S/C39H72N2O7/c1-3-5-7-9-11-12-13-14-15-16-17-18-19-21-27-31-38(45)48-34(28-24-20-10-8-6-4-2)29-25-22-23-26-30-36(43)40-32-37(44)41-35(33-42)39(46)47/h14-15,34-35,42H,3-13,16-33H2,1-2H3,(H,40,43)(H,41,44)(H,46,47)/b15-14-. The molecule has 0 aromatic heterocycles. The van der Waals surface area contributed by atoms with Crippen LogP contribution in [0.2, 0.25) is 0 Å². The maximum atomic E-state index is 12.6. The molecular weight excluding hydrogens is 608 g/mol. The van der Waals surface area contributed by atoms with Crippen LogP contribution >= 0.6 is 0 Å². The number of carbonyl (C=O) groups excluding carboxylic acids is 3. The van der Waals surface area contributed by atoms with E-state index in [2.05, 4.69) is 36.6 Å². The zero-order valence-corrected chi connectivity index (χ0v) is 30.8. The zero-order valence-electron chi connectivity index (χ0n) is 30.8. The van der Waals surface area contributed by atoms with Crippen LogP contribution in [0.25, 0.3) is 0 Å². The first kappa shape index (κ1) is 45.6. The largest absolute Gasteiger partial charge is 0.480 e. The summed E-state index contributed by atoms with van der Waals surface area (Å²) < 4.78 is 5.94. The second-order valence-corrected chi connectivity index (χ2v) is 13.4. The summed E-state index contributed by atoms with van der Waals surface area (Å²) in [6, 6.07) is -1.38. The molecule has 9 nitrogen and oxygen atoms in total. The Morgan fingerprint density at radius 3 is 1.56 bits per heavy atom. The summed E-state index contributed by atoms with van der Waals surface area (Å²) in [6.45, 7) is 3.43. The monoisotopic (exact) mass is 681 g/mol. The third-order valence-electron chi connectivity index (χ3n) is 8.76. The van der Waals surface area contributed by atoms with E-state index < -0.39 is 24.5 Å². The Morgan fingerprint density at radius 2 is 1.06 bits per heavy atom. The molecule has 0 aliphatic rings. The highest BCUT2D eigenvalue weighted by Crippen LogP contribution is 2.18. The molecule has 2 atom stereocenters. The summed E-state index contributed by atoms with van der Waals surface area (Å²) in [7, 11) is 0. The molecule has 0 spiro atoms. The lowest BCUT2D eigenvalue weighted by Gasteiger charge is -2.18. The average molecular weight is 681 g/mol. The number of aliphatic carboxylic acids is 1. The third-order valence-corrected chi connectivity index (χ3v) is 8.76. The van der Waals surface area contributed by atoms with Crippen molar-refractivity contribution < 1.29 is 34.1 Å². The molecule has 0 rings (SSSR count). The fourth-order valence-corrected chi connectivity index (χ4v) is 5.71. The minimum Gasteiger partial charge on any atom is -0.480 e. The van der Waals surface area contributed by atoms with Crippen LogP contribution < -0.4 is 10.6 Å². The second-order valence-electron chi connectivity index (χ2n) is 13.4. The van der Waals surface area contributed by atoms with Gasteiger partial charge in [-0.05, 0) is 64.2 Å². The Bertz CT molecular complexity index is 833. The summed E-state index contributed by atoms with van der Waals surface area (Å²) in [5, 5.41) is 22.5. The van der Waals surface area contributed by atoms with Gasteiger partial charge in [0.1, 0.15) is 12.1 Å². The predicted molar refractivity (Wildman–Crippen MR) is 195 cm³/mol. The summed E-state index contributed by atoms with van der Waals surface area (Å²) in [4.78, 5) is 47.3. The minimum atomic E-state index is -1.38. The van der Waals surface area contributed by atoms with E-state index in [1.54, 1.807) is 0 Å². The molecule has 0 bridgehead atoms. The first-order valence-electron chi connectivity index (χ1n) is 19.6. The van der Waals surface area contributed by atoms with Crippen molar-refractivity contribution in [2.45, 2.75) is 199 Å². The lowest BCUT2D eigenvalue weighted by molar-refractivity contribution is -0.150. The molecule has 0 aliphatic heterocycles. The number of amides is 2. The summed E-state index contributed by atoms with van der Waals surface area (Å²) >= 11 is 0. The second kappa shape index (κ2) is 34.4. The summed E-state index contributed by atoms with van der Waals surface area (Å²) in [5.74, 6) is -2.34. The van der Waals surface area contributed by atoms with Crippen LogP contribution in [0.5, 0.6) is 0 Å². The van der Waals surface area contributed by atoms with Gasteiger partial charge in [-0.2, -0.15) is 0 Å². The summed E-state index contributed by atoms with van der Waals surface area (Å²) in [6.07, 6.45) is 33.9. The number of aliphatic hydroxyl groups excluding tert-OH is 1. The van der Waals surface area contributed by atoms with Crippen LogP contribution in [0.1, 0.15) is 187 Å². The van der Waals surface area contributed by atoms with Gasteiger partial charge in [-0.15, -0.1) is 0 Å². The van der Waals surface area contributed by atoms with Gasteiger partial charge in [-0.25, -0.2) is 4.79 Å². The quantitative estimate of drug-likeness (QED) is 0.0298. The van der Waals surface area contributed by atoms with Crippen LogP contribution in [0.4, 0.5) is 0 Å². The number of esters is 1. The molecule has 0 heterocycles. The Kier molecular flexibility index (Phi) is 32.7. The van der Waals surface area contributed by atoms with Crippen molar-refractivity contribution in [2.24, 2.45) is 0 Å². The lowest BCUT2D eigenvalue weighted by Crippen LogP contribution is -2.47. The molecule has 0 fully saturated rings. The smallest absolute Gasteiger partial charge is 0.328 e. The molecule has 0 aromatic rings. The molecule has 2 amide bonds. The van der Waals surface area contributed by atoms with Gasteiger partial charge in [0.05, 0.1) is 13.2 Å². The van der Waals surface area contributed by atoms with E-state index >= 15 is 0 Å². The van der Waals surface area contributed by atoms with Crippen molar-refractivity contribution in [3.05, 3.63) is 12.2 Å². The van der Waals surface area contributed by atoms with Gasteiger partial charge in [-0.3, -0.25) is 14.4 Å². The van der Waals surface area contributed by atoms with Gasteiger partial charge in [0, 0.05) is 12.8 Å². The van der Waals surface area contributed by atoms with Crippen molar-refractivity contribution in [3.63, 3.8) is 0 Å². The molecule has 280 valence electrons.